The van der Waals surface area contributed by atoms with Crippen molar-refractivity contribution in [2.45, 2.75) is 44.7 Å². The van der Waals surface area contributed by atoms with Crippen molar-refractivity contribution in [1.29, 1.82) is 0 Å². The summed E-state index contributed by atoms with van der Waals surface area (Å²) in [6.07, 6.45) is 2.89. The monoisotopic (exact) mass is 483 g/mol. The third-order valence-corrected chi connectivity index (χ3v) is 6.06. The van der Waals surface area contributed by atoms with Crippen molar-refractivity contribution in [3.8, 4) is 0 Å². The highest BCUT2D eigenvalue weighted by molar-refractivity contribution is 6.30. The van der Waals surface area contributed by atoms with Crippen LogP contribution in [0.2, 0.25) is 5.02 Å². The Balaban J connectivity index is 1.47. The van der Waals surface area contributed by atoms with Crippen LogP contribution in [0.3, 0.4) is 0 Å². The number of aliphatic hydroxyl groups excluding tert-OH is 2. The highest BCUT2D eigenvalue weighted by atomic mass is 35.5. The van der Waals surface area contributed by atoms with Gasteiger partial charge in [-0.2, -0.15) is 0 Å². The summed E-state index contributed by atoms with van der Waals surface area (Å²) in [5.41, 5.74) is 3.50. The van der Waals surface area contributed by atoms with E-state index in [0.29, 0.717) is 18.1 Å². The maximum Gasteiger partial charge on any atom is 0.133 e. The van der Waals surface area contributed by atoms with Gasteiger partial charge in [-0.1, -0.05) is 48.0 Å². The Morgan fingerprint density at radius 3 is 2.26 bits per heavy atom. The fourth-order valence-electron chi connectivity index (χ4n) is 3.67. The number of aromatic nitrogens is 1. The number of nitrogens with zero attached hydrogens (tertiary/aromatic N) is 2. The van der Waals surface area contributed by atoms with E-state index in [1.54, 1.807) is 38.4 Å². The van der Waals surface area contributed by atoms with Gasteiger partial charge in [0, 0.05) is 36.1 Å². The number of pyridine rings is 1. The molecule has 4 N–H and O–H groups in total. The summed E-state index contributed by atoms with van der Waals surface area (Å²) in [4.78, 5) is 6.05. The molecule has 7 heteroatoms. The van der Waals surface area contributed by atoms with E-state index >= 15 is 0 Å². The molecule has 3 aromatic rings. The van der Waals surface area contributed by atoms with E-state index in [1.807, 2.05) is 54.4 Å². The molecule has 6 nitrogen and oxygen atoms in total. The Kier molecular flexibility index (Phi) is 9.19. The first kappa shape index (κ1) is 26.3. The van der Waals surface area contributed by atoms with Crippen molar-refractivity contribution in [3.63, 3.8) is 0 Å². The van der Waals surface area contributed by atoms with E-state index in [2.05, 4.69) is 10.3 Å². The molecule has 1 unspecified atom stereocenters. The Morgan fingerprint density at radius 2 is 1.62 bits per heavy atom. The molecule has 182 valence electrons. The molecular weight excluding hydrogens is 450 g/mol. The zero-order valence-corrected chi connectivity index (χ0v) is 20.7. The van der Waals surface area contributed by atoms with Crippen LogP contribution in [0.1, 0.15) is 54.0 Å². The first-order valence-corrected chi connectivity index (χ1v) is 11.8. The second-order valence-electron chi connectivity index (χ2n) is 9.19. The first-order chi connectivity index (χ1) is 16.1. The molecule has 0 fully saturated rings. The topological polar surface area (TPSA) is 88.9 Å². The number of rotatable bonds is 11. The molecule has 1 aromatic heterocycles. The van der Waals surface area contributed by atoms with Crippen LogP contribution in [0.5, 0.6) is 0 Å². The maximum atomic E-state index is 10.8. The molecule has 0 bridgehead atoms. The van der Waals surface area contributed by atoms with Gasteiger partial charge < -0.3 is 20.6 Å². The number of halogens is 1. The van der Waals surface area contributed by atoms with Crippen molar-refractivity contribution in [3.05, 3.63) is 99.8 Å². The molecule has 34 heavy (non-hydrogen) atoms. The third-order valence-electron chi connectivity index (χ3n) is 5.81. The number of hydrogen-bond donors (Lipinski definition) is 4. The summed E-state index contributed by atoms with van der Waals surface area (Å²) in [7, 11) is 1.85. The van der Waals surface area contributed by atoms with Gasteiger partial charge in [0.15, 0.2) is 0 Å². The highest BCUT2D eigenvalue weighted by Crippen LogP contribution is 2.23. The first-order valence-electron chi connectivity index (χ1n) is 11.4. The lowest BCUT2D eigenvalue weighted by atomic mass is 9.99. The van der Waals surface area contributed by atoms with Crippen molar-refractivity contribution in [2.24, 2.45) is 0 Å². The second kappa shape index (κ2) is 11.9. The Bertz CT molecular complexity index is 1040. The van der Waals surface area contributed by atoms with Gasteiger partial charge in [-0.3, -0.25) is 9.88 Å². The van der Waals surface area contributed by atoms with Crippen LogP contribution in [0, 0.1) is 0 Å². The summed E-state index contributed by atoms with van der Waals surface area (Å²) >= 11 is 5.89. The molecule has 0 aliphatic rings. The predicted octanol–water partition coefficient (Wildman–Crippen LogP) is 3.95. The largest absolute Gasteiger partial charge is 0.387 e. The van der Waals surface area contributed by atoms with Gasteiger partial charge in [0.2, 0.25) is 0 Å². The molecule has 0 spiro atoms. The summed E-state index contributed by atoms with van der Waals surface area (Å²) < 4.78 is 0. The Hall–Kier alpha value is -2.32. The number of hydrogen-bond acceptors (Lipinski definition) is 6. The lowest BCUT2D eigenvalue weighted by Crippen LogP contribution is -2.25. The van der Waals surface area contributed by atoms with Crippen LogP contribution in [0.25, 0.3) is 0 Å². The number of benzene rings is 2. The van der Waals surface area contributed by atoms with Crippen molar-refractivity contribution in [2.75, 3.05) is 20.1 Å². The van der Waals surface area contributed by atoms with E-state index in [0.717, 1.165) is 40.8 Å². The highest BCUT2D eigenvalue weighted by Gasteiger charge is 2.18. The molecule has 0 amide bonds. The fourth-order valence-corrected chi connectivity index (χ4v) is 3.79. The van der Waals surface area contributed by atoms with Crippen molar-refractivity contribution >= 4 is 11.6 Å². The standard InChI is InChI=1S/C27H34ClN3O3/c1-27(2,34)23-14-20(15-30-16-23)18-31(3)26(33)22-6-4-19(5-7-22)12-13-29-17-25(32)21-8-10-24(28)11-9-21/h4-11,14-16,25-26,29,32-34H,12-13,17-18H2,1-3H3/t25-,26?/m0/s1. The van der Waals surface area contributed by atoms with E-state index in [9.17, 15) is 15.3 Å². The molecule has 0 aliphatic heterocycles. The molecule has 1 heterocycles. The smallest absolute Gasteiger partial charge is 0.133 e. The van der Waals surface area contributed by atoms with Crippen LogP contribution in [-0.2, 0) is 18.6 Å². The van der Waals surface area contributed by atoms with E-state index in [-0.39, 0.29) is 0 Å². The van der Waals surface area contributed by atoms with Crippen LogP contribution < -0.4 is 5.32 Å². The van der Waals surface area contributed by atoms with Gasteiger partial charge in [-0.15, -0.1) is 0 Å². The SMILES string of the molecule is CN(Cc1cncc(C(C)(C)O)c1)C(O)c1ccc(CCNC[C@H](O)c2ccc(Cl)cc2)cc1. The number of nitrogens with one attached hydrogen (secondary N) is 1. The second-order valence-corrected chi connectivity index (χ2v) is 9.63. The Labute approximate surface area is 206 Å². The molecule has 3 rings (SSSR count). The molecule has 2 aromatic carbocycles. The van der Waals surface area contributed by atoms with Gasteiger partial charge in [-0.25, -0.2) is 0 Å². The zero-order chi connectivity index (χ0) is 24.7. The molecule has 2 atom stereocenters. The van der Waals surface area contributed by atoms with E-state index in [1.165, 1.54) is 0 Å². The van der Waals surface area contributed by atoms with Crippen LogP contribution in [0.4, 0.5) is 0 Å². The average molecular weight is 484 g/mol. The third kappa shape index (κ3) is 7.60. The number of aliphatic hydroxyl groups is 3. The minimum atomic E-state index is -0.960. The lowest BCUT2D eigenvalue weighted by molar-refractivity contribution is 0.0150. The van der Waals surface area contributed by atoms with Crippen molar-refractivity contribution < 1.29 is 15.3 Å². The predicted molar refractivity (Wildman–Crippen MR) is 135 cm³/mol. The quantitative estimate of drug-likeness (QED) is 0.244. The van der Waals surface area contributed by atoms with Gasteiger partial charge in [0.1, 0.15) is 6.23 Å². The minimum absolute atomic E-state index is 0.465. The lowest BCUT2D eigenvalue weighted by Gasteiger charge is -2.25. The summed E-state index contributed by atoms with van der Waals surface area (Å²) in [6, 6.07) is 17.0. The fraction of sp³-hybridized carbons (Fsp3) is 0.370. The van der Waals surface area contributed by atoms with Crippen LogP contribution >= 0.6 is 11.6 Å². The zero-order valence-electron chi connectivity index (χ0n) is 19.9. The van der Waals surface area contributed by atoms with Gasteiger partial charge in [0.25, 0.3) is 0 Å². The van der Waals surface area contributed by atoms with Gasteiger partial charge >= 0.3 is 0 Å². The maximum absolute atomic E-state index is 10.8. The molecule has 0 aliphatic carbocycles. The Morgan fingerprint density at radius 1 is 0.971 bits per heavy atom. The van der Waals surface area contributed by atoms with E-state index in [4.69, 9.17) is 11.6 Å². The molecule has 0 saturated heterocycles. The average Bonchev–Trinajstić information content (AvgIpc) is 2.81. The van der Waals surface area contributed by atoms with Gasteiger partial charge in [0.05, 0.1) is 11.7 Å². The minimum Gasteiger partial charge on any atom is -0.387 e. The molecule has 0 radical (unpaired) electrons. The van der Waals surface area contributed by atoms with Crippen LogP contribution in [0.15, 0.2) is 67.0 Å². The van der Waals surface area contributed by atoms with Gasteiger partial charge in [-0.05, 0) is 74.3 Å². The summed E-state index contributed by atoms with van der Waals surface area (Å²) in [5, 5.41) is 35.2. The van der Waals surface area contributed by atoms with Crippen molar-refractivity contribution in [1.82, 2.24) is 15.2 Å². The van der Waals surface area contributed by atoms with E-state index < -0.39 is 17.9 Å². The summed E-state index contributed by atoms with van der Waals surface area (Å²) in [5.74, 6) is 0. The normalized spacial score (nSPS) is 13.8. The molecule has 0 saturated carbocycles. The van der Waals surface area contributed by atoms with Crippen LogP contribution in [-0.4, -0.2) is 45.3 Å². The molecular formula is C27H34ClN3O3. The summed E-state index contributed by atoms with van der Waals surface area (Å²) in [6.45, 7) is 5.15.